The normalized spacial score (nSPS) is 15.2. The van der Waals surface area contributed by atoms with E-state index in [9.17, 15) is 10.1 Å². The standard InChI is InChI=1S/C21H23N3O2S2/c1-3-10-26-15-7-5-14(6-8-15)19(25)23-21(27)24-20-17(12-22)16-9-4-13(2)11-18(16)28-20/h5-8,13H,3-4,9-11H2,1-2H3,(H2,23,24,25,27)/t13-/m0/s1. The number of ether oxygens (including phenoxy) is 1. The quantitative estimate of drug-likeness (QED) is 0.698. The van der Waals surface area contributed by atoms with Crippen LogP contribution in [0.2, 0.25) is 0 Å². The van der Waals surface area contributed by atoms with Crippen molar-refractivity contribution >= 4 is 39.6 Å². The van der Waals surface area contributed by atoms with Crippen molar-refractivity contribution in [2.45, 2.75) is 39.5 Å². The number of amides is 1. The van der Waals surface area contributed by atoms with Gasteiger partial charge in [0.2, 0.25) is 0 Å². The van der Waals surface area contributed by atoms with Gasteiger partial charge in [-0.2, -0.15) is 5.26 Å². The van der Waals surface area contributed by atoms with E-state index in [1.54, 1.807) is 35.6 Å². The highest BCUT2D eigenvalue weighted by atomic mass is 32.1. The first-order valence-corrected chi connectivity index (χ1v) is 10.6. The van der Waals surface area contributed by atoms with E-state index in [1.807, 2.05) is 6.92 Å². The summed E-state index contributed by atoms with van der Waals surface area (Å²) in [5, 5.41) is 16.2. The zero-order valence-corrected chi connectivity index (χ0v) is 17.6. The molecule has 1 aliphatic carbocycles. The van der Waals surface area contributed by atoms with E-state index >= 15 is 0 Å². The van der Waals surface area contributed by atoms with Crippen LogP contribution in [0.5, 0.6) is 5.75 Å². The predicted molar refractivity (Wildman–Crippen MR) is 116 cm³/mol. The lowest BCUT2D eigenvalue weighted by Crippen LogP contribution is -2.34. The lowest BCUT2D eigenvalue weighted by Gasteiger charge is -2.17. The maximum absolute atomic E-state index is 12.4. The minimum Gasteiger partial charge on any atom is -0.494 e. The van der Waals surface area contributed by atoms with Crippen LogP contribution in [0.15, 0.2) is 24.3 Å². The summed E-state index contributed by atoms with van der Waals surface area (Å²) >= 11 is 6.86. The third-order valence-corrected chi connectivity index (χ3v) is 6.04. The second-order valence-corrected chi connectivity index (χ2v) is 8.46. The van der Waals surface area contributed by atoms with Gasteiger partial charge in [-0.3, -0.25) is 10.1 Å². The van der Waals surface area contributed by atoms with Gasteiger partial charge in [-0.25, -0.2) is 0 Å². The Balaban J connectivity index is 1.64. The smallest absolute Gasteiger partial charge is 0.257 e. The Morgan fingerprint density at radius 2 is 2.14 bits per heavy atom. The second-order valence-electron chi connectivity index (χ2n) is 6.95. The Morgan fingerprint density at radius 3 is 2.82 bits per heavy atom. The molecule has 0 saturated carbocycles. The number of carbonyl (C=O) groups excluding carboxylic acids is 1. The highest BCUT2D eigenvalue weighted by Gasteiger charge is 2.24. The molecule has 146 valence electrons. The van der Waals surface area contributed by atoms with Gasteiger partial charge in [0.15, 0.2) is 5.11 Å². The van der Waals surface area contributed by atoms with Crippen molar-refractivity contribution in [3.8, 4) is 11.8 Å². The van der Waals surface area contributed by atoms with Crippen LogP contribution in [0.25, 0.3) is 0 Å². The van der Waals surface area contributed by atoms with Gasteiger partial charge in [-0.15, -0.1) is 11.3 Å². The summed E-state index contributed by atoms with van der Waals surface area (Å²) in [5.41, 5.74) is 2.28. The van der Waals surface area contributed by atoms with E-state index in [0.29, 0.717) is 23.7 Å². The SMILES string of the molecule is CCCOc1ccc(C(=O)NC(=S)Nc2sc3c(c2C#N)CC[C@H](C)C3)cc1. The van der Waals surface area contributed by atoms with E-state index in [-0.39, 0.29) is 11.0 Å². The molecule has 0 bridgehead atoms. The van der Waals surface area contributed by atoms with Crippen LogP contribution in [0, 0.1) is 17.2 Å². The molecule has 7 heteroatoms. The molecule has 1 atom stereocenters. The van der Waals surface area contributed by atoms with Crippen molar-refractivity contribution < 1.29 is 9.53 Å². The van der Waals surface area contributed by atoms with E-state index in [0.717, 1.165) is 42.0 Å². The molecule has 5 nitrogen and oxygen atoms in total. The maximum atomic E-state index is 12.4. The molecule has 28 heavy (non-hydrogen) atoms. The zero-order chi connectivity index (χ0) is 20.1. The highest BCUT2D eigenvalue weighted by molar-refractivity contribution is 7.80. The number of nitriles is 1. The first-order chi connectivity index (χ1) is 13.5. The number of nitrogens with one attached hydrogen (secondary N) is 2. The van der Waals surface area contributed by atoms with Crippen LogP contribution in [0.1, 0.15) is 53.1 Å². The Morgan fingerprint density at radius 1 is 1.39 bits per heavy atom. The van der Waals surface area contributed by atoms with Gasteiger partial charge < -0.3 is 10.1 Å². The number of benzene rings is 1. The van der Waals surface area contributed by atoms with Crippen molar-refractivity contribution in [1.82, 2.24) is 5.32 Å². The van der Waals surface area contributed by atoms with E-state index in [2.05, 4.69) is 23.6 Å². The molecular weight excluding hydrogens is 390 g/mol. The van der Waals surface area contributed by atoms with E-state index in [1.165, 1.54) is 4.88 Å². The minimum absolute atomic E-state index is 0.194. The van der Waals surface area contributed by atoms with E-state index in [4.69, 9.17) is 17.0 Å². The summed E-state index contributed by atoms with van der Waals surface area (Å²) in [5.74, 6) is 1.06. The largest absolute Gasteiger partial charge is 0.494 e. The number of hydrogen-bond acceptors (Lipinski definition) is 5. The van der Waals surface area contributed by atoms with Crippen molar-refractivity contribution in [2.24, 2.45) is 5.92 Å². The number of anilines is 1. The summed E-state index contributed by atoms with van der Waals surface area (Å²) < 4.78 is 5.52. The highest BCUT2D eigenvalue weighted by Crippen LogP contribution is 2.39. The van der Waals surface area contributed by atoms with Gasteiger partial charge in [0.1, 0.15) is 16.8 Å². The molecule has 0 saturated heterocycles. The molecule has 1 amide bonds. The average molecular weight is 414 g/mol. The van der Waals surface area contributed by atoms with Gasteiger partial charge in [0.05, 0.1) is 12.2 Å². The number of carbonyl (C=O) groups is 1. The molecule has 0 unspecified atom stereocenters. The van der Waals surface area contributed by atoms with Crippen molar-refractivity contribution in [2.75, 3.05) is 11.9 Å². The molecule has 2 aromatic rings. The number of rotatable bonds is 5. The molecule has 0 fully saturated rings. The van der Waals surface area contributed by atoms with Crippen LogP contribution in [-0.4, -0.2) is 17.6 Å². The van der Waals surface area contributed by atoms with Gasteiger partial charge in [-0.1, -0.05) is 13.8 Å². The molecule has 1 aliphatic rings. The molecule has 0 spiro atoms. The maximum Gasteiger partial charge on any atom is 0.257 e. The summed E-state index contributed by atoms with van der Waals surface area (Å²) in [4.78, 5) is 13.7. The van der Waals surface area contributed by atoms with Crippen LogP contribution in [0.4, 0.5) is 5.00 Å². The molecule has 1 aromatic heterocycles. The summed E-state index contributed by atoms with van der Waals surface area (Å²) in [6, 6.07) is 9.23. The average Bonchev–Trinajstić information content (AvgIpc) is 3.02. The number of fused-ring (bicyclic) bond motifs is 1. The lowest BCUT2D eigenvalue weighted by atomic mass is 9.89. The molecule has 0 radical (unpaired) electrons. The Bertz CT molecular complexity index is 913. The first-order valence-electron chi connectivity index (χ1n) is 9.41. The van der Waals surface area contributed by atoms with Gasteiger partial charge in [0, 0.05) is 10.4 Å². The number of hydrogen-bond donors (Lipinski definition) is 2. The zero-order valence-electron chi connectivity index (χ0n) is 16.0. The molecule has 0 aliphatic heterocycles. The predicted octanol–water partition coefficient (Wildman–Crippen LogP) is 4.66. The minimum atomic E-state index is -0.298. The number of thiophene rings is 1. The second kappa shape index (κ2) is 9.18. The van der Waals surface area contributed by atoms with E-state index < -0.39 is 0 Å². The number of nitrogens with zero attached hydrogens (tertiary/aromatic N) is 1. The first kappa shape index (κ1) is 20.3. The van der Waals surface area contributed by atoms with Gasteiger partial charge in [-0.05, 0) is 73.6 Å². The summed E-state index contributed by atoms with van der Waals surface area (Å²) in [7, 11) is 0. The molecule has 1 aromatic carbocycles. The molecule has 3 rings (SSSR count). The Hall–Kier alpha value is -2.43. The number of thiocarbonyl (C=S) groups is 1. The van der Waals surface area contributed by atoms with Gasteiger partial charge in [0.25, 0.3) is 5.91 Å². The van der Waals surface area contributed by atoms with Crippen LogP contribution in [0.3, 0.4) is 0 Å². The van der Waals surface area contributed by atoms with Crippen molar-refractivity contribution in [1.29, 1.82) is 5.26 Å². The molecular formula is C21H23N3O2S2. The fourth-order valence-electron chi connectivity index (χ4n) is 3.19. The van der Waals surface area contributed by atoms with Crippen LogP contribution >= 0.6 is 23.6 Å². The third kappa shape index (κ3) is 4.70. The van der Waals surface area contributed by atoms with Crippen LogP contribution < -0.4 is 15.4 Å². The molecule has 2 N–H and O–H groups in total. The fourth-order valence-corrected chi connectivity index (χ4v) is 4.81. The monoisotopic (exact) mass is 413 g/mol. The van der Waals surface area contributed by atoms with Crippen molar-refractivity contribution in [3.63, 3.8) is 0 Å². The lowest BCUT2D eigenvalue weighted by molar-refractivity contribution is 0.0977. The third-order valence-electron chi connectivity index (χ3n) is 4.67. The Kier molecular flexibility index (Phi) is 6.65. The van der Waals surface area contributed by atoms with Crippen molar-refractivity contribution in [3.05, 3.63) is 45.8 Å². The summed E-state index contributed by atoms with van der Waals surface area (Å²) in [6.45, 7) is 4.91. The van der Waals surface area contributed by atoms with Crippen LogP contribution in [-0.2, 0) is 12.8 Å². The topological polar surface area (TPSA) is 74.2 Å². The Labute approximate surface area is 174 Å². The fraction of sp³-hybridized carbons (Fsp3) is 0.381. The van der Waals surface area contributed by atoms with Gasteiger partial charge >= 0.3 is 0 Å². The molecule has 1 heterocycles. The summed E-state index contributed by atoms with van der Waals surface area (Å²) in [6.07, 6.45) is 3.93.